The lowest BCUT2D eigenvalue weighted by Crippen LogP contribution is -1.95. The van der Waals surface area contributed by atoms with E-state index in [1.165, 1.54) is 20.3 Å². The van der Waals surface area contributed by atoms with Gasteiger partial charge in [-0.05, 0) is 18.2 Å². The molecule has 1 aromatic carbocycles. The lowest BCUT2D eigenvalue weighted by Gasteiger charge is -2.10. The second-order valence-corrected chi connectivity index (χ2v) is 3.84. The summed E-state index contributed by atoms with van der Waals surface area (Å²) in [4.78, 5) is 10.8. The number of nitriles is 1. The van der Waals surface area contributed by atoms with Gasteiger partial charge in [-0.3, -0.25) is 5.10 Å². The van der Waals surface area contributed by atoms with Crippen LogP contribution in [0.5, 0.6) is 11.5 Å². The molecule has 20 heavy (non-hydrogen) atoms. The van der Waals surface area contributed by atoms with Crippen LogP contribution in [0.2, 0.25) is 0 Å². The van der Waals surface area contributed by atoms with Crippen molar-refractivity contribution in [2.75, 3.05) is 14.2 Å². The molecule has 7 nitrogen and oxygen atoms in total. The van der Waals surface area contributed by atoms with Gasteiger partial charge < -0.3 is 14.6 Å². The van der Waals surface area contributed by atoms with Gasteiger partial charge in [-0.25, -0.2) is 4.79 Å². The summed E-state index contributed by atoms with van der Waals surface area (Å²) in [5.74, 6) is -0.404. The molecule has 0 aliphatic carbocycles. The maximum atomic E-state index is 10.8. The van der Waals surface area contributed by atoms with Crippen molar-refractivity contribution < 1.29 is 19.4 Å². The number of hydrogen-bond donors (Lipinski definition) is 2. The number of carbonyl (C=O) groups is 1. The molecule has 0 aliphatic rings. The van der Waals surface area contributed by atoms with E-state index in [1.807, 2.05) is 6.07 Å². The first-order valence-electron chi connectivity index (χ1n) is 5.56. The average molecular weight is 273 g/mol. The molecule has 0 unspecified atom stereocenters. The zero-order valence-corrected chi connectivity index (χ0v) is 10.8. The molecule has 0 saturated heterocycles. The van der Waals surface area contributed by atoms with Crippen LogP contribution in [0.15, 0.2) is 18.2 Å². The van der Waals surface area contributed by atoms with E-state index in [0.717, 1.165) is 0 Å². The average Bonchev–Trinajstić information content (AvgIpc) is 2.95. The van der Waals surface area contributed by atoms with Gasteiger partial charge in [0.15, 0.2) is 11.5 Å². The lowest BCUT2D eigenvalue weighted by molar-refractivity contribution is 0.0690. The molecule has 2 N–H and O–H groups in total. The van der Waals surface area contributed by atoms with Gasteiger partial charge in [0.05, 0.1) is 25.5 Å². The number of benzene rings is 1. The van der Waals surface area contributed by atoms with Crippen LogP contribution < -0.4 is 9.47 Å². The fourth-order valence-corrected chi connectivity index (χ4v) is 1.77. The minimum absolute atomic E-state index is 0.0340. The minimum Gasteiger partial charge on any atom is -0.493 e. The van der Waals surface area contributed by atoms with Crippen LogP contribution in [0, 0.1) is 11.3 Å². The smallest absolute Gasteiger partial charge is 0.353 e. The van der Waals surface area contributed by atoms with Gasteiger partial charge in [-0.15, -0.1) is 0 Å². The van der Waals surface area contributed by atoms with Crippen LogP contribution in [0.3, 0.4) is 0 Å². The molecule has 7 heteroatoms. The van der Waals surface area contributed by atoms with Crippen molar-refractivity contribution in [3.63, 3.8) is 0 Å². The standard InChI is InChI=1S/C13H11N3O4/c1-19-11-4-7(3-8(6-14)12(11)20-2)9-5-10(13(17)18)16-15-9/h3-5H,1-2H3,(H,15,16)(H,17,18). The van der Waals surface area contributed by atoms with E-state index in [9.17, 15) is 4.79 Å². The molecule has 0 aliphatic heterocycles. The number of carboxylic acid groups (broad SMARTS) is 1. The molecular weight excluding hydrogens is 262 g/mol. The van der Waals surface area contributed by atoms with Gasteiger partial charge in [0, 0.05) is 5.56 Å². The van der Waals surface area contributed by atoms with Gasteiger partial charge in [-0.2, -0.15) is 10.4 Å². The molecule has 0 atom stereocenters. The number of methoxy groups -OCH3 is 2. The zero-order chi connectivity index (χ0) is 14.7. The summed E-state index contributed by atoms with van der Waals surface area (Å²) in [7, 11) is 2.89. The fourth-order valence-electron chi connectivity index (χ4n) is 1.77. The summed E-state index contributed by atoms with van der Waals surface area (Å²) in [5, 5.41) is 24.3. The third kappa shape index (κ3) is 2.27. The van der Waals surface area contributed by atoms with Crippen LogP contribution >= 0.6 is 0 Å². The third-order valence-electron chi connectivity index (χ3n) is 2.70. The van der Waals surface area contributed by atoms with E-state index in [-0.39, 0.29) is 11.3 Å². The molecule has 1 aromatic heterocycles. The highest BCUT2D eigenvalue weighted by Crippen LogP contribution is 2.35. The van der Waals surface area contributed by atoms with Crippen LogP contribution in [-0.2, 0) is 0 Å². The van der Waals surface area contributed by atoms with Crippen molar-refractivity contribution in [2.45, 2.75) is 0 Å². The summed E-state index contributed by atoms with van der Waals surface area (Å²) in [6, 6.07) is 6.57. The molecule has 1 heterocycles. The van der Waals surface area contributed by atoms with Crippen molar-refractivity contribution in [1.29, 1.82) is 5.26 Å². The Kier molecular flexibility index (Phi) is 3.57. The summed E-state index contributed by atoms with van der Waals surface area (Å²) >= 11 is 0. The van der Waals surface area contributed by atoms with Crippen LogP contribution in [0.25, 0.3) is 11.3 Å². The maximum Gasteiger partial charge on any atom is 0.353 e. The highest BCUT2D eigenvalue weighted by Gasteiger charge is 2.16. The zero-order valence-electron chi connectivity index (χ0n) is 10.8. The number of H-pyrrole nitrogens is 1. The summed E-state index contributed by atoms with van der Waals surface area (Å²) in [5.41, 5.74) is 1.21. The van der Waals surface area contributed by atoms with Crippen LogP contribution in [-0.4, -0.2) is 35.5 Å². The predicted molar refractivity (Wildman–Crippen MR) is 68.8 cm³/mol. The summed E-state index contributed by atoms with van der Waals surface area (Å²) < 4.78 is 10.3. The largest absolute Gasteiger partial charge is 0.493 e. The highest BCUT2D eigenvalue weighted by molar-refractivity contribution is 5.87. The minimum atomic E-state index is -1.11. The molecule has 102 valence electrons. The number of ether oxygens (including phenoxy) is 2. The fraction of sp³-hybridized carbons (Fsp3) is 0.154. The number of nitrogens with zero attached hydrogens (tertiary/aromatic N) is 2. The Bertz CT molecular complexity index is 700. The maximum absolute atomic E-state index is 10.8. The molecule has 0 saturated carbocycles. The van der Waals surface area contributed by atoms with Crippen molar-refractivity contribution >= 4 is 5.97 Å². The Balaban J connectivity index is 2.57. The number of aromatic amines is 1. The van der Waals surface area contributed by atoms with E-state index in [2.05, 4.69) is 10.2 Å². The van der Waals surface area contributed by atoms with E-state index in [0.29, 0.717) is 22.8 Å². The van der Waals surface area contributed by atoms with E-state index >= 15 is 0 Å². The van der Waals surface area contributed by atoms with Gasteiger partial charge in [-0.1, -0.05) is 0 Å². The van der Waals surface area contributed by atoms with Gasteiger partial charge in [0.2, 0.25) is 0 Å². The lowest BCUT2D eigenvalue weighted by atomic mass is 10.1. The Hall–Kier alpha value is -3.01. The molecule has 0 spiro atoms. The second-order valence-electron chi connectivity index (χ2n) is 3.84. The monoisotopic (exact) mass is 273 g/mol. The molecule has 0 fully saturated rings. The van der Waals surface area contributed by atoms with Crippen LogP contribution in [0.1, 0.15) is 16.1 Å². The first-order chi connectivity index (χ1) is 9.60. The second kappa shape index (κ2) is 5.32. The molecule has 0 bridgehead atoms. The van der Waals surface area contributed by atoms with Gasteiger partial charge >= 0.3 is 5.97 Å². The number of aromatic carboxylic acids is 1. The summed E-state index contributed by atoms with van der Waals surface area (Å²) in [6.45, 7) is 0. The van der Waals surface area contributed by atoms with Gasteiger partial charge in [0.25, 0.3) is 0 Å². The Morgan fingerprint density at radius 2 is 2.10 bits per heavy atom. The number of rotatable bonds is 4. The highest BCUT2D eigenvalue weighted by atomic mass is 16.5. The van der Waals surface area contributed by atoms with E-state index in [4.69, 9.17) is 19.8 Å². The van der Waals surface area contributed by atoms with E-state index in [1.54, 1.807) is 12.1 Å². The SMILES string of the molecule is COc1cc(-c2cc(C(=O)O)[nH]n2)cc(C#N)c1OC. The van der Waals surface area contributed by atoms with Crippen molar-refractivity contribution in [3.05, 3.63) is 29.5 Å². The quantitative estimate of drug-likeness (QED) is 0.877. The summed E-state index contributed by atoms with van der Waals surface area (Å²) in [6.07, 6.45) is 0. The Morgan fingerprint density at radius 3 is 2.60 bits per heavy atom. The number of nitrogens with one attached hydrogen (secondary N) is 1. The normalized spacial score (nSPS) is 9.85. The number of hydrogen-bond acceptors (Lipinski definition) is 5. The Labute approximate surface area is 114 Å². The number of aromatic nitrogens is 2. The molecular formula is C13H11N3O4. The van der Waals surface area contributed by atoms with Crippen molar-refractivity contribution in [2.24, 2.45) is 0 Å². The Morgan fingerprint density at radius 1 is 1.35 bits per heavy atom. The molecule has 2 rings (SSSR count). The first-order valence-corrected chi connectivity index (χ1v) is 5.56. The van der Waals surface area contributed by atoms with Crippen molar-refractivity contribution in [3.8, 4) is 28.8 Å². The molecule has 0 radical (unpaired) electrons. The molecule has 2 aromatic rings. The van der Waals surface area contributed by atoms with Gasteiger partial charge in [0.1, 0.15) is 11.8 Å². The van der Waals surface area contributed by atoms with Crippen molar-refractivity contribution in [1.82, 2.24) is 10.2 Å². The predicted octanol–water partition coefficient (Wildman–Crippen LogP) is 1.66. The topological polar surface area (TPSA) is 108 Å². The van der Waals surface area contributed by atoms with Crippen LogP contribution in [0.4, 0.5) is 0 Å². The van der Waals surface area contributed by atoms with E-state index < -0.39 is 5.97 Å². The third-order valence-corrected chi connectivity index (χ3v) is 2.70. The molecule has 0 amide bonds. The first kappa shape index (κ1) is 13.4. The number of carboxylic acids is 1.